The predicted octanol–water partition coefficient (Wildman–Crippen LogP) is 2.76. The van der Waals surface area contributed by atoms with Crippen LogP contribution in [0.1, 0.15) is 31.4 Å². The number of rotatable bonds is 6. The van der Waals surface area contributed by atoms with E-state index in [1.165, 1.54) is 0 Å². The van der Waals surface area contributed by atoms with Gasteiger partial charge in [0.25, 0.3) is 0 Å². The molecule has 0 heterocycles. The van der Waals surface area contributed by atoms with E-state index in [4.69, 9.17) is 4.74 Å². The molecule has 0 saturated carbocycles. The van der Waals surface area contributed by atoms with Gasteiger partial charge in [-0.25, -0.2) is 4.79 Å². The third-order valence-corrected chi connectivity index (χ3v) is 3.21. The first-order chi connectivity index (χ1) is 8.60. The van der Waals surface area contributed by atoms with Crippen molar-refractivity contribution in [1.82, 2.24) is 5.32 Å². The second-order valence-electron chi connectivity index (χ2n) is 3.95. The summed E-state index contributed by atoms with van der Waals surface area (Å²) in [6.07, 6.45) is 1.85. The Hall–Kier alpha value is -1.07. The number of likely N-dealkylation sites (N-methyl/N-ethyl adjacent to an activating group) is 1. The van der Waals surface area contributed by atoms with Gasteiger partial charge in [0.15, 0.2) is 0 Å². The molecule has 0 aromatic heterocycles. The fourth-order valence-electron chi connectivity index (χ4n) is 1.52. The minimum Gasteiger partial charge on any atom is -0.507 e. The van der Waals surface area contributed by atoms with Crippen LogP contribution in [0.15, 0.2) is 22.7 Å². The van der Waals surface area contributed by atoms with Crippen molar-refractivity contribution in [2.24, 2.45) is 0 Å². The van der Waals surface area contributed by atoms with Crippen LogP contribution in [0.25, 0.3) is 0 Å². The summed E-state index contributed by atoms with van der Waals surface area (Å²) in [5.74, 6) is -0.156. The zero-order valence-corrected chi connectivity index (χ0v) is 12.2. The molecule has 100 valence electrons. The molecule has 1 rings (SSSR count). The number of unbranched alkanes of at least 4 members (excludes halogenated alkanes) is 1. The Balaban J connectivity index is 2.75. The zero-order valence-electron chi connectivity index (χ0n) is 10.6. The smallest absolute Gasteiger partial charge is 0.327 e. The van der Waals surface area contributed by atoms with Gasteiger partial charge in [-0.2, -0.15) is 0 Å². The molecule has 1 unspecified atom stereocenters. The maximum absolute atomic E-state index is 11.9. The molecule has 0 amide bonds. The standard InChI is InChI=1S/C13H18BrNO3/c1-3-4-7-18-13(17)12(15-2)9-5-6-11(16)10(14)8-9/h5-6,8,12,15-16H,3-4,7H2,1-2H3. The summed E-state index contributed by atoms with van der Waals surface area (Å²) in [6.45, 7) is 2.48. The summed E-state index contributed by atoms with van der Waals surface area (Å²) in [6, 6.07) is 4.43. The quantitative estimate of drug-likeness (QED) is 0.626. The number of phenols is 1. The fourth-order valence-corrected chi connectivity index (χ4v) is 1.92. The van der Waals surface area contributed by atoms with Crippen molar-refractivity contribution in [3.63, 3.8) is 0 Å². The second kappa shape index (κ2) is 7.38. The lowest BCUT2D eigenvalue weighted by Crippen LogP contribution is -2.27. The number of hydrogen-bond acceptors (Lipinski definition) is 4. The van der Waals surface area contributed by atoms with E-state index in [9.17, 15) is 9.90 Å². The molecule has 1 aromatic carbocycles. The lowest BCUT2D eigenvalue weighted by molar-refractivity contribution is -0.146. The normalized spacial score (nSPS) is 12.2. The van der Waals surface area contributed by atoms with Crippen LogP contribution >= 0.6 is 15.9 Å². The van der Waals surface area contributed by atoms with E-state index in [1.807, 2.05) is 6.92 Å². The van der Waals surface area contributed by atoms with Crippen molar-refractivity contribution in [2.75, 3.05) is 13.7 Å². The van der Waals surface area contributed by atoms with Crippen molar-refractivity contribution >= 4 is 21.9 Å². The Labute approximate surface area is 115 Å². The Kier molecular flexibility index (Phi) is 6.15. The molecular weight excluding hydrogens is 298 g/mol. The lowest BCUT2D eigenvalue weighted by atomic mass is 10.1. The molecule has 4 nitrogen and oxygen atoms in total. The van der Waals surface area contributed by atoms with Gasteiger partial charge in [-0.1, -0.05) is 19.4 Å². The van der Waals surface area contributed by atoms with Crippen LogP contribution in [0.2, 0.25) is 0 Å². The highest BCUT2D eigenvalue weighted by molar-refractivity contribution is 9.10. The van der Waals surface area contributed by atoms with Crippen molar-refractivity contribution < 1.29 is 14.6 Å². The van der Waals surface area contributed by atoms with Crippen LogP contribution in [-0.2, 0) is 9.53 Å². The molecule has 2 N–H and O–H groups in total. The molecule has 1 atom stereocenters. The van der Waals surface area contributed by atoms with Crippen LogP contribution in [-0.4, -0.2) is 24.7 Å². The molecule has 0 aliphatic heterocycles. The highest BCUT2D eigenvalue weighted by Gasteiger charge is 2.20. The van der Waals surface area contributed by atoms with Gasteiger partial charge in [0.05, 0.1) is 11.1 Å². The number of aromatic hydroxyl groups is 1. The van der Waals surface area contributed by atoms with E-state index in [0.717, 1.165) is 18.4 Å². The minimum absolute atomic E-state index is 0.146. The van der Waals surface area contributed by atoms with Crippen molar-refractivity contribution in [3.8, 4) is 5.75 Å². The third kappa shape index (κ3) is 3.99. The van der Waals surface area contributed by atoms with E-state index >= 15 is 0 Å². The summed E-state index contributed by atoms with van der Waals surface area (Å²) < 4.78 is 5.74. The fraction of sp³-hybridized carbons (Fsp3) is 0.462. The van der Waals surface area contributed by atoms with Gasteiger partial charge in [-0.15, -0.1) is 0 Å². The van der Waals surface area contributed by atoms with Gasteiger partial charge in [-0.05, 0) is 47.1 Å². The molecule has 0 bridgehead atoms. The number of phenolic OH excluding ortho intramolecular Hbond substituents is 1. The number of carbonyl (C=O) groups is 1. The molecule has 1 aromatic rings. The number of esters is 1. The van der Waals surface area contributed by atoms with Crippen molar-refractivity contribution in [1.29, 1.82) is 0 Å². The first kappa shape index (κ1) is 15.0. The molecule has 0 radical (unpaired) electrons. The molecule has 18 heavy (non-hydrogen) atoms. The van der Waals surface area contributed by atoms with Crippen LogP contribution < -0.4 is 5.32 Å². The summed E-state index contributed by atoms with van der Waals surface area (Å²) in [5.41, 5.74) is 0.753. The predicted molar refractivity (Wildman–Crippen MR) is 73.5 cm³/mol. The maximum atomic E-state index is 11.9. The third-order valence-electron chi connectivity index (χ3n) is 2.57. The van der Waals surface area contributed by atoms with Gasteiger partial charge >= 0.3 is 5.97 Å². The largest absolute Gasteiger partial charge is 0.507 e. The van der Waals surface area contributed by atoms with Gasteiger partial charge in [-0.3, -0.25) is 0 Å². The molecular formula is C13H18BrNO3. The zero-order chi connectivity index (χ0) is 13.5. The lowest BCUT2D eigenvalue weighted by Gasteiger charge is -2.16. The molecule has 5 heteroatoms. The molecule has 0 aliphatic rings. The van der Waals surface area contributed by atoms with E-state index < -0.39 is 6.04 Å². The van der Waals surface area contributed by atoms with Gasteiger partial charge in [0, 0.05) is 0 Å². The monoisotopic (exact) mass is 315 g/mol. The Morgan fingerprint density at radius 2 is 2.28 bits per heavy atom. The van der Waals surface area contributed by atoms with Crippen LogP contribution in [0.4, 0.5) is 0 Å². The van der Waals surface area contributed by atoms with E-state index in [1.54, 1.807) is 25.2 Å². The first-order valence-electron chi connectivity index (χ1n) is 5.92. The van der Waals surface area contributed by atoms with Crippen molar-refractivity contribution in [3.05, 3.63) is 28.2 Å². The van der Waals surface area contributed by atoms with E-state index in [2.05, 4.69) is 21.2 Å². The minimum atomic E-state index is -0.515. The maximum Gasteiger partial charge on any atom is 0.327 e. The van der Waals surface area contributed by atoms with Gasteiger partial charge in [0.2, 0.25) is 0 Å². The Morgan fingerprint density at radius 1 is 1.56 bits per heavy atom. The average molecular weight is 316 g/mol. The Bertz CT molecular complexity index is 409. The van der Waals surface area contributed by atoms with Crippen molar-refractivity contribution in [2.45, 2.75) is 25.8 Å². The highest BCUT2D eigenvalue weighted by Crippen LogP contribution is 2.27. The van der Waals surface area contributed by atoms with Crippen LogP contribution in [0, 0.1) is 0 Å². The summed E-state index contributed by atoms with van der Waals surface area (Å²) >= 11 is 3.23. The molecule has 0 fully saturated rings. The SMILES string of the molecule is CCCCOC(=O)C(NC)c1ccc(O)c(Br)c1. The number of ether oxygens (including phenoxy) is 1. The number of halogens is 1. The molecule has 0 spiro atoms. The number of carbonyl (C=O) groups excluding carboxylic acids is 1. The summed E-state index contributed by atoms with van der Waals surface area (Å²) in [7, 11) is 1.70. The highest BCUT2D eigenvalue weighted by atomic mass is 79.9. The number of benzene rings is 1. The van der Waals surface area contributed by atoms with Gasteiger partial charge < -0.3 is 15.2 Å². The molecule has 0 aliphatic carbocycles. The second-order valence-corrected chi connectivity index (χ2v) is 4.81. The van der Waals surface area contributed by atoms with Gasteiger partial charge in [0.1, 0.15) is 11.8 Å². The number of nitrogens with one attached hydrogen (secondary N) is 1. The average Bonchev–Trinajstić information content (AvgIpc) is 2.35. The first-order valence-corrected chi connectivity index (χ1v) is 6.71. The summed E-state index contributed by atoms with van der Waals surface area (Å²) in [4.78, 5) is 11.9. The topological polar surface area (TPSA) is 58.6 Å². The Morgan fingerprint density at radius 3 is 2.83 bits per heavy atom. The summed E-state index contributed by atoms with van der Waals surface area (Å²) in [5, 5.41) is 12.3. The van der Waals surface area contributed by atoms with Crippen LogP contribution in [0.3, 0.4) is 0 Å². The van der Waals surface area contributed by atoms with E-state index in [0.29, 0.717) is 11.1 Å². The van der Waals surface area contributed by atoms with E-state index in [-0.39, 0.29) is 11.7 Å². The van der Waals surface area contributed by atoms with Crippen LogP contribution in [0.5, 0.6) is 5.75 Å². The molecule has 0 saturated heterocycles. The number of hydrogen-bond donors (Lipinski definition) is 2.